The van der Waals surface area contributed by atoms with Crippen molar-refractivity contribution in [1.29, 1.82) is 0 Å². The summed E-state index contributed by atoms with van der Waals surface area (Å²) in [6, 6.07) is 8.12. The van der Waals surface area contributed by atoms with Crippen molar-refractivity contribution in [2.45, 2.75) is 13.0 Å². The molecular formula is C15H21NO3. The predicted molar refractivity (Wildman–Crippen MR) is 72.9 cm³/mol. The van der Waals surface area contributed by atoms with Crippen molar-refractivity contribution in [3.63, 3.8) is 0 Å². The average Bonchev–Trinajstić information content (AvgIpc) is 2.33. The molecule has 1 aliphatic heterocycles. The Morgan fingerprint density at radius 2 is 2.00 bits per heavy atom. The molecule has 0 saturated carbocycles. The number of rotatable bonds is 4. The topological polar surface area (TPSA) is 38.8 Å². The number of aryl methyl sites for hydroxylation is 1. The molecule has 1 heterocycles. The fourth-order valence-corrected chi connectivity index (χ4v) is 2.88. The van der Waals surface area contributed by atoms with Gasteiger partial charge < -0.3 is 14.4 Å². The van der Waals surface area contributed by atoms with E-state index < -0.39 is 5.41 Å². The maximum atomic E-state index is 12.2. The Hall–Kier alpha value is -1.39. The molecule has 1 unspecified atom stereocenters. The van der Waals surface area contributed by atoms with Crippen LogP contribution in [-0.4, -0.2) is 45.3 Å². The molecule has 0 bridgehead atoms. The van der Waals surface area contributed by atoms with Crippen molar-refractivity contribution >= 4 is 5.97 Å². The first-order valence-electron chi connectivity index (χ1n) is 6.41. The van der Waals surface area contributed by atoms with Gasteiger partial charge in [-0.1, -0.05) is 24.3 Å². The summed E-state index contributed by atoms with van der Waals surface area (Å²) in [7, 11) is 5.41. The van der Waals surface area contributed by atoms with Crippen LogP contribution in [0.5, 0.6) is 0 Å². The molecule has 1 aromatic carbocycles. The quantitative estimate of drug-likeness (QED) is 0.776. The second-order valence-electron chi connectivity index (χ2n) is 5.36. The number of esters is 1. The smallest absolute Gasteiger partial charge is 0.318 e. The van der Waals surface area contributed by atoms with Gasteiger partial charge in [0, 0.05) is 0 Å². The van der Waals surface area contributed by atoms with Crippen molar-refractivity contribution in [1.82, 2.24) is 4.90 Å². The molecule has 0 radical (unpaired) electrons. The van der Waals surface area contributed by atoms with E-state index in [9.17, 15) is 4.79 Å². The zero-order chi connectivity index (χ0) is 14.0. The summed E-state index contributed by atoms with van der Waals surface area (Å²) in [6.07, 6.45) is 0. The molecule has 1 atom stereocenters. The van der Waals surface area contributed by atoms with Crippen molar-refractivity contribution in [2.75, 3.05) is 34.4 Å². The van der Waals surface area contributed by atoms with E-state index in [1.165, 1.54) is 12.7 Å². The highest BCUT2D eigenvalue weighted by molar-refractivity contribution is 5.79. The molecular weight excluding hydrogens is 242 g/mol. The van der Waals surface area contributed by atoms with E-state index in [0.29, 0.717) is 13.2 Å². The molecule has 0 amide bonds. The predicted octanol–water partition coefficient (Wildman–Crippen LogP) is 1.79. The van der Waals surface area contributed by atoms with Crippen LogP contribution >= 0.6 is 0 Å². The third-order valence-electron chi connectivity index (χ3n) is 3.83. The number of nitrogens with zero attached hydrogens (tertiary/aromatic N) is 1. The third-order valence-corrected chi connectivity index (χ3v) is 3.83. The van der Waals surface area contributed by atoms with Crippen molar-refractivity contribution < 1.29 is 14.3 Å². The maximum Gasteiger partial charge on any atom is 0.318 e. The number of carbonyl (C=O) groups excluding carboxylic acids is 1. The van der Waals surface area contributed by atoms with Crippen LogP contribution in [0.3, 0.4) is 0 Å². The first-order valence-corrected chi connectivity index (χ1v) is 6.41. The van der Waals surface area contributed by atoms with Gasteiger partial charge in [-0.2, -0.15) is 0 Å². The molecule has 0 aliphatic carbocycles. The zero-order valence-corrected chi connectivity index (χ0v) is 12.0. The summed E-state index contributed by atoms with van der Waals surface area (Å²) >= 11 is 0. The van der Waals surface area contributed by atoms with Gasteiger partial charge in [0.05, 0.1) is 26.4 Å². The molecule has 104 valence electrons. The Morgan fingerprint density at radius 1 is 1.37 bits per heavy atom. The first-order chi connectivity index (χ1) is 9.03. The molecule has 4 nitrogen and oxygen atoms in total. The molecule has 19 heavy (non-hydrogen) atoms. The number of ether oxygens (including phenoxy) is 2. The summed E-state index contributed by atoms with van der Waals surface area (Å²) in [5, 5.41) is 0. The maximum absolute atomic E-state index is 12.2. The van der Waals surface area contributed by atoms with E-state index in [0.717, 1.165) is 5.56 Å². The van der Waals surface area contributed by atoms with Crippen molar-refractivity contribution in [3.05, 3.63) is 35.4 Å². The Morgan fingerprint density at radius 3 is 2.42 bits per heavy atom. The van der Waals surface area contributed by atoms with Gasteiger partial charge in [-0.3, -0.25) is 4.79 Å². The summed E-state index contributed by atoms with van der Waals surface area (Å²) in [6.45, 7) is 2.89. The number of carbonyl (C=O) groups is 1. The molecule has 1 saturated heterocycles. The highest BCUT2D eigenvalue weighted by Crippen LogP contribution is 2.45. The number of hydrogen-bond acceptors (Lipinski definition) is 4. The van der Waals surface area contributed by atoms with Gasteiger partial charge in [-0.15, -0.1) is 0 Å². The minimum Gasteiger partial charge on any atom is -0.468 e. The van der Waals surface area contributed by atoms with Crippen LogP contribution in [0.25, 0.3) is 0 Å². The van der Waals surface area contributed by atoms with Gasteiger partial charge >= 0.3 is 5.97 Å². The standard InChI is InChI=1S/C15H21NO3/c1-11-7-5-6-8-12(11)13(16(2)3)15(9-19-10-15)14(17)18-4/h5-8,13H,9-10H2,1-4H3. The normalized spacial score (nSPS) is 18.8. The second kappa shape index (κ2) is 5.31. The van der Waals surface area contributed by atoms with Crippen LogP contribution < -0.4 is 0 Å². The third kappa shape index (κ3) is 2.26. The van der Waals surface area contributed by atoms with Gasteiger partial charge in [0.15, 0.2) is 0 Å². The molecule has 1 aromatic rings. The van der Waals surface area contributed by atoms with Gasteiger partial charge in [0.2, 0.25) is 0 Å². The molecule has 1 fully saturated rings. The van der Waals surface area contributed by atoms with E-state index >= 15 is 0 Å². The van der Waals surface area contributed by atoms with Crippen LogP contribution in [0.4, 0.5) is 0 Å². The molecule has 0 aromatic heterocycles. The van der Waals surface area contributed by atoms with E-state index in [4.69, 9.17) is 9.47 Å². The first kappa shape index (κ1) is 14.0. The number of benzene rings is 1. The lowest BCUT2D eigenvalue weighted by Crippen LogP contribution is -2.57. The van der Waals surface area contributed by atoms with E-state index in [1.54, 1.807) is 0 Å². The Balaban J connectivity index is 2.46. The lowest BCUT2D eigenvalue weighted by atomic mass is 9.73. The van der Waals surface area contributed by atoms with Crippen molar-refractivity contribution in [3.8, 4) is 0 Å². The Bertz CT molecular complexity index is 466. The van der Waals surface area contributed by atoms with Crippen LogP contribution in [-0.2, 0) is 14.3 Å². The summed E-state index contributed by atoms with van der Waals surface area (Å²) in [5.41, 5.74) is 1.74. The fourth-order valence-electron chi connectivity index (χ4n) is 2.88. The lowest BCUT2D eigenvalue weighted by Gasteiger charge is -2.47. The SMILES string of the molecule is COC(=O)C1(C(c2ccccc2C)N(C)C)COC1. The molecule has 1 aliphatic rings. The van der Waals surface area contributed by atoms with E-state index in [1.807, 2.05) is 26.2 Å². The van der Waals surface area contributed by atoms with Gasteiger partial charge in [-0.05, 0) is 32.1 Å². The van der Waals surface area contributed by atoms with Crippen LogP contribution in [0, 0.1) is 12.3 Å². The van der Waals surface area contributed by atoms with Crippen LogP contribution in [0.1, 0.15) is 17.2 Å². The van der Waals surface area contributed by atoms with E-state index in [2.05, 4.69) is 24.0 Å². The summed E-state index contributed by atoms with van der Waals surface area (Å²) in [5.74, 6) is -0.194. The minimum absolute atomic E-state index is 0.0325. The molecule has 2 rings (SSSR count). The summed E-state index contributed by atoms with van der Waals surface area (Å²) < 4.78 is 10.3. The second-order valence-corrected chi connectivity index (χ2v) is 5.36. The van der Waals surface area contributed by atoms with Crippen molar-refractivity contribution in [2.24, 2.45) is 5.41 Å². The molecule has 0 N–H and O–H groups in total. The number of methoxy groups -OCH3 is 1. The largest absolute Gasteiger partial charge is 0.468 e. The minimum atomic E-state index is -0.593. The summed E-state index contributed by atoms with van der Waals surface area (Å²) in [4.78, 5) is 14.3. The van der Waals surface area contributed by atoms with Gasteiger partial charge in [-0.25, -0.2) is 0 Å². The van der Waals surface area contributed by atoms with Crippen LogP contribution in [0.15, 0.2) is 24.3 Å². The molecule has 4 heteroatoms. The number of hydrogen-bond donors (Lipinski definition) is 0. The highest BCUT2D eigenvalue weighted by Gasteiger charge is 2.54. The fraction of sp³-hybridized carbons (Fsp3) is 0.533. The monoisotopic (exact) mass is 263 g/mol. The Labute approximate surface area is 114 Å². The highest BCUT2D eigenvalue weighted by atomic mass is 16.5. The Kier molecular flexibility index (Phi) is 3.92. The zero-order valence-electron chi connectivity index (χ0n) is 12.0. The van der Waals surface area contributed by atoms with E-state index in [-0.39, 0.29) is 12.0 Å². The van der Waals surface area contributed by atoms with Crippen LogP contribution in [0.2, 0.25) is 0 Å². The van der Waals surface area contributed by atoms with Gasteiger partial charge in [0.1, 0.15) is 5.41 Å². The lowest BCUT2D eigenvalue weighted by molar-refractivity contribution is -0.197. The average molecular weight is 263 g/mol. The van der Waals surface area contributed by atoms with Gasteiger partial charge in [0.25, 0.3) is 0 Å². The molecule has 0 spiro atoms.